The molecule has 18 heavy (non-hydrogen) atoms. The lowest BCUT2D eigenvalue weighted by atomic mass is 10.1. The van der Waals surface area contributed by atoms with Crippen molar-refractivity contribution in [3.05, 3.63) is 29.3 Å². The van der Waals surface area contributed by atoms with E-state index in [0.717, 1.165) is 6.42 Å². The van der Waals surface area contributed by atoms with E-state index in [1.165, 1.54) is 0 Å². The first kappa shape index (κ1) is 13.2. The first-order valence-electron chi connectivity index (χ1n) is 6.20. The van der Waals surface area contributed by atoms with E-state index in [2.05, 4.69) is 0 Å². The highest BCUT2D eigenvalue weighted by Gasteiger charge is 2.23. The molecule has 1 heterocycles. The third-order valence-corrected chi connectivity index (χ3v) is 3.30. The van der Waals surface area contributed by atoms with Gasteiger partial charge >= 0.3 is 0 Å². The predicted octanol–water partition coefficient (Wildman–Crippen LogP) is 2.04. The molecule has 0 amide bonds. The molecule has 0 bridgehead atoms. The molecule has 1 unspecified atom stereocenters. The molecule has 1 aromatic carbocycles. The molecule has 0 saturated carbocycles. The van der Waals surface area contributed by atoms with Crippen LogP contribution >= 0.6 is 0 Å². The van der Waals surface area contributed by atoms with Crippen molar-refractivity contribution in [3.63, 3.8) is 0 Å². The van der Waals surface area contributed by atoms with Gasteiger partial charge in [-0.15, -0.1) is 0 Å². The van der Waals surface area contributed by atoms with Crippen LogP contribution in [0.4, 0.5) is 14.5 Å². The molecule has 1 atom stereocenters. The Labute approximate surface area is 106 Å². The topological polar surface area (TPSA) is 38.5 Å². The number of nitrogens with two attached hydrogens (primary N) is 1. The lowest BCUT2D eigenvalue weighted by Crippen LogP contribution is -2.42. The van der Waals surface area contributed by atoms with E-state index in [9.17, 15) is 8.78 Å². The van der Waals surface area contributed by atoms with E-state index in [1.54, 1.807) is 12.1 Å². The van der Waals surface area contributed by atoms with Crippen molar-refractivity contribution in [2.45, 2.75) is 26.0 Å². The Balaban J connectivity index is 2.25. The number of hydrogen-bond acceptors (Lipinski definition) is 3. The Bertz CT molecular complexity index is 426. The molecule has 1 fully saturated rings. The Morgan fingerprint density at radius 2 is 2.17 bits per heavy atom. The zero-order chi connectivity index (χ0) is 13.1. The van der Waals surface area contributed by atoms with E-state index in [1.807, 2.05) is 11.8 Å². The van der Waals surface area contributed by atoms with Crippen molar-refractivity contribution in [2.24, 2.45) is 5.73 Å². The van der Waals surface area contributed by atoms with Crippen LogP contribution in [0.1, 0.15) is 18.9 Å². The predicted molar refractivity (Wildman–Crippen MR) is 66.5 cm³/mol. The van der Waals surface area contributed by atoms with Crippen LogP contribution in [0, 0.1) is 11.6 Å². The van der Waals surface area contributed by atoms with Gasteiger partial charge in [-0.1, -0.05) is 13.0 Å². The molecule has 1 aromatic rings. The maximum atomic E-state index is 14.0. The summed E-state index contributed by atoms with van der Waals surface area (Å²) in [5, 5.41) is 0. The normalized spacial score (nSPS) is 20.2. The van der Waals surface area contributed by atoms with Gasteiger partial charge in [-0.25, -0.2) is 8.78 Å². The number of hydrogen-bond donors (Lipinski definition) is 1. The first-order chi connectivity index (χ1) is 8.67. The number of halogens is 2. The highest BCUT2D eigenvalue weighted by Crippen LogP contribution is 2.26. The van der Waals surface area contributed by atoms with Gasteiger partial charge in [0.05, 0.1) is 18.4 Å². The molecule has 2 rings (SSSR count). The molecule has 0 aromatic heterocycles. The quantitative estimate of drug-likeness (QED) is 0.899. The molecular weight excluding hydrogens is 238 g/mol. The molecule has 0 spiro atoms. The van der Waals surface area contributed by atoms with Gasteiger partial charge in [0.25, 0.3) is 0 Å². The van der Waals surface area contributed by atoms with Crippen molar-refractivity contribution in [1.82, 2.24) is 0 Å². The van der Waals surface area contributed by atoms with Crippen molar-refractivity contribution in [1.29, 1.82) is 0 Å². The second-order valence-corrected chi connectivity index (χ2v) is 4.42. The summed E-state index contributed by atoms with van der Waals surface area (Å²) in [5.41, 5.74) is 5.85. The van der Waals surface area contributed by atoms with Gasteiger partial charge in [0.2, 0.25) is 0 Å². The molecule has 100 valence electrons. The monoisotopic (exact) mass is 256 g/mol. The highest BCUT2D eigenvalue weighted by molar-refractivity contribution is 5.50. The van der Waals surface area contributed by atoms with Crippen molar-refractivity contribution in [3.8, 4) is 0 Å². The summed E-state index contributed by atoms with van der Waals surface area (Å²) in [6, 6.07) is 3.14. The SMILES string of the molecule is CCC1CN(c2ccc(CN)c(F)c2F)CCO1. The van der Waals surface area contributed by atoms with Gasteiger partial charge in [-0.05, 0) is 12.5 Å². The fourth-order valence-electron chi connectivity index (χ4n) is 2.17. The molecule has 1 aliphatic rings. The molecular formula is C13H18F2N2O. The fourth-order valence-corrected chi connectivity index (χ4v) is 2.17. The number of nitrogens with zero attached hydrogens (tertiary/aromatic N) is 1. The molecule has 0 aliphatic carbocycles. The van der Waals surface area contributed by atoms with Gasteiger partial charge < -0.3 is 15.4 Å². The van der Waals surface area contributed by atoms with Crippen LogP contribution in [-0.4, -0.2) is 25.8 Å². The summed E-state index contributed by atoms with van der Waals surface area (Å²) >= 11 is 0. The average Bonchev–Trinajstić information content (AvgIpc) is 2.42. The zero-order valence-corrected chi connectivity index (χ0v) is 10.5. The smallest absolute Gasteiger partial charge is 0.182 e. The Morgan fingerprint density at radius 3 is 2.83 bits per heavy atom. The molecule has 3 nitrogen and oxygen atoms in total. The summed E-state index contributed by atoms with van der Waals surface area (Å²) in [7, 11) is 0. The summed E-state index contributed by atoms with van der Waals surface area (Å²) in [6.45, 7) is 3.73. The third-order valence-electron chi connectivity index (χ3n) is 3.30. The lowest BCUT2D eigenvalue weighted by Gasteiger charge is -2.34. The van der Waals surface area contributed by atoms with Crippen molar-refractivity contribution >= 4 is 5.69 Å². The molecule has 5 heteroatoms. The second kappa shape index (κ2) is 5.63. The van der Waals surface area contributed by atoms with Gasteiger partial charge in [0.1, 0.15) is 0 Å². The fraction of sp³-hybridized carbons (Fsp3) is 0.538. The largest absolute Gasteiger partial charge is 0.375 e. The summed E-state index contributed by atoms with van der Waals surface area (Å²) in [4.78, 5) is 1.83. The van der Waals surface area contributed by atoms with E-state index in [4.69, 9.17) is 10.5 Å². The van der Waals surface area contributed by atoms with Crippen LogP contribution < -0.4 is 10.6 Å². The Hall–Kier alpha value is -1.20. The van der Waals surface area contributed by atoms with Crippen LogP contribution in [0.25, 0.3) is 0 Å². The maximum Gasteiger partial charge on any atom is 0.182 e. The lowest BCUT2D eigenvalue weighted by molar-refractivity contribution is 0.0382. The van der Waals surface area contributed by atoms with Crippen molar-refractivity contribution < 1.29 is 13.5 Å². The average molecular weight is 256 g/mol. The molecule has 0 radical (unpaired) electrons. The van der Waals surface area contributed by atoms with Crippen LogP contribution in [0.15, 0.2) is 12.1 Å². The number of rotatable bonds is 3. The van der Waals surface area contributed by atoms with E-state index < -0.39 is 11.6 Å². The summed E-state index contributed by atoms with van der Waals surface area (Å²) in [5.74, 6) is -1.65. The molecule has 2 N–H and O–H groups in total. The maximum absolute atomic E-state index is 14.0. The zero-order valence-electron chi connectivity index (χ0n) is 10.5. The van der Waals surface area contributed by atoms with E-state index in [-0.39, 0.29) is 18.2 Å². The van der Waals surface area contributed by atoms with Crippen LogP contribution in [0.5, 0.6) is 0 Å². The van der Waals surface area contributed by atoms with E-state index in [0.29, 0.717) is 25.4 Å². The Morgan fingerprint density at radius 1 is 1.39 bits per heavy atom. The van der Waals surface area contributed by atoms with Gasteiger partial charge in [0, 0.05) is 25.2 Å². The molecule has 1 saturated heterocycles. The third kappa shape index (κ3) is 2.47. The minimum absolute atomic E-state index is 0.00370. The van der Waals surface area contributed by atoms with Gasteiger partial charge in [-0.3, -0.25) is 0 Å². The van der Waals surface area contributed by atoms with Gasteiger partial charge in [0.15, 0.2) is 11.6 Å². The standard InChI is InChI=1S/C13H18F2N2O/c1-2-10-8-17(5-6-18-10)11-4-3-9(7-16)12(14)13(11)15/h3-4,10H,2,5-8,16H2,1H3. The number of benzene rings is 1. The van der Waals surface area contributed by atoms with Crippen molar-refractivity contribution in [2.75, 3.05) is 24.6 Å². The minimum Gasteiger partial charge on any atom is -0.375 e. The van der Waals surface area contributed by atoms with E-state index >= 15 is 0 Å². The summed E-state index contributed by atoms with van der Waals surface area (Å²) in [6.07, 6.45) is 0.942. The van der Waals surface area contributed by atoms with Gasteiger partial charge in [-0.2, -0.15) is 0 Å². The summed E-state index contributed by atoms with van der Waals surface area (Å²) < 4.78 is 33.2. The number of morpholine rings is 1. The minimum atomic E-state index is -0.838. The second-order valence-electron chi connectivity index (χ2n) is 4.42. The molecule has 1 aliphatic heterocycles. The Kier molecular flexibility index (Phi) is 4.14. The first-order valence-corrected chi connectivity index (χ1v) is 6.20. The van der Waals surface area contributed by atoms with Crippen LogP contribution in [0.3, 0.4) is 0 Å². The highest BCUT2D eigenvalue weighted by atomic mass is 19.2. The number of anilines is 1. The van der Waals surface area contributed by atoms with Crippen LogP contribution in [0.2, 0.25) is 0 Å². The number of ether oxygens (including phenoxy) is 1. The van der Waals surface area contributed by atoms with Crippen LogP contribution in [-0.2, 0) is 11.3 Å².